The van der Waals surface area contributed by atoms with Gasteiger partial charge < -0.3 is 5.32 Å². The van der Waals surface area contributed by atoms with E-state index < -0.39 is 0 Å². The third-order valence-electron chi connectivity index (χ3n) is 2.92. The van der Waals surface area contributed by atoms with Crippen molar-refractivity contribution in [2.45, 2.75) is 39.7 Å². The maximum Gasteiger partial charge on any atom is 0.0291 e. The molecule has 0 spiro atoms. The van der Waals surface area contributed by atoms with Crippen molar-refractivity contribution in [3.63, 3.8) is 0 Å². The largest absolute Gasteiger partial charge is 0.310 e. The van der Waals surface area contributed by atoms with Crippen LogP contribution in [0.2, 0.25) is 0 Å². The summed E-state index contributed by atoms with van der Waals surface area (Å²) in [6.07, 6.45) is 2.58. The number of rotatable bonds is 6. The fraction of sp³-hybridized carbons (Fsp3) is 0.571. The minimum Gasteiger partial charge on any atom is -0.310 e. The zero-order chi connectivity index (χ0) is 12.0. The van der Waals surface area contributed by atoms with Gasteiger partial charge in [-0.25, -0.2) is 0 Å². The maximum absolute atomic E-state index is 3.59. The van der Waals surface area contributed by atoms with Gasteiger partial charge in [0, 0.05) is 10.5 Å². The van der Waals surface area contributed by atoms with Crippen LogP contribution in [0.4, 0.5) is 0 Å². The molecule has 0 aliphatic rings. The molecule has 0 radical (unpaired) electrons. The van der Waals surface area contributed by atoms with Crippen molar-refractivity contribution in [2.75, 3.05) is 6.54 Å². The highest BCUT2D eigenvalue weighted by Gasteiger charge is 2.06. The molecule has 0 saturated carbocycles. The molecule has 0 fully saturated rings. The lowest BCUT2D eigenvalue weighted by atomic mass is 10.0. The molecule has 0 aromatic heterocycles. The van der Waals surface area contributed by atoms with Crippen LogP contribution in [0.15, 0.2) is 28.7 Å². The SMILES string of the molecule is CCCC(C)CNC(C)c1ccc(Br)cc1. The van der Waals surface area contributed by atoms with Crippen LogP contribution >= 0.6 is 15.9 Å². The molecule has 1 rings (SSSR count). The Labute approximate surface area is 108 Å². The van der Waals surface area contributed by atoms with Crippen molar-refractivity contribution in [1.29, 1.82) is 0 Å². The Morgan fingerprint density at radius 2 is 1.81 bits per heavy atom. The first kappa shape index (κ1) is 13.7. The molecule has 1 N–H and O–H groups in total. The van der Waals surface area contributed by atoms with E-state index in [2.05, 4.69) is 66.3 Å². The Morgan fingerprint density at radius 1 is 1.19 bits per heavy atom. The molecule has 2 heteroatoms. The van der Waals surface area contributed by atoms with E-state index in [0.29, 0.717) is 6.04 Å². The van der Waals surface area contributed by atoms with Crippen molar-refractivity contribution in [2.24, 2.45) is 5.92 Å². The zero-order valence-corrected chi connectivity index (χ0v) is 12.0. The van der Waals surface area contributed by atoms with E-state index in [0.717, 1.165) is 16.9 Å². The van der Waals surface area contributed by atoms with Crippen LogP contribution in [0.5, 0.6) is 0 Å². The lowest BCUT2D eigenvalue weighted by Gasteiger charge is -2.17. The molecule has 0 aliphatic carbocycles. The summed E-state index contributed by atoms with van der Waals surface area (Å²) in [5, 5.41) is 3.59. The average Bonchev–Trinajstić information content (AvgIpc) is 2.27. The van der Waals surface area contributed by atoms with Crippen LogP contribution in [-0.4, -0.2) is 6.54 Å². The number of hydrogen-bond donors (Lipinski definition) is 1. The van der Waals surface area contributed by atoms with Crippen molar-refractivity contribution < 1.29 is 0 Å². The first-order chi connectivity index (χ1) is 7.63. The van der Waals surface area contributed by atoms with E-state index in [-0.39, 0.29) is 0 Å². The van der Waals surface area contributed by atoms with Crippen LogP contribution in [-0.2, 0) is 0 Å². The summed E-state index contributed by atoms with van der Waals surface area (Å²) in [4.78, 5) is 0. The lowest BCUT2D eigenvalue weighted by molar-refractivity contribution is 0.444. The molecule has 1 aromatic carbocycles. The van der Waals surface area contributed by atoms with E-state index in [4.69, 9.17) is 0 Å². The first-order valence-electron chi connectivity index (χ1n) is 6.12. The van der Waals surface area contributed by atoms with Gasteiger partial charge in [0.1, 0.15) is 0 Å². The molecule has 1 nitrogen and oxygen atoms in total. The summed E-state index contributed by atoms with van der Waals surface area (Å²) in [6.45, 7) is 7.88. The molecule has 0 aliphatic heterocycles. The quantitative estimate of drug-likeness (QED) is 0.809. The van der Waals surface area contributed by atoms with Crippen molar-refractivity contribution >= 4 is 15.9 Å². The highest BCUT2D eigenvalue weighted by molar-refractivity contribution is 9.10. The minimum atomic E-state index is 0.437. The van der Waals surface area contributed by atoms with Gasteiger partial charge >= 0.3 is 0 Å². The van der Waals surface area contributed by atoms with E-state index in [1.54, 1.807) is 0 Å². The Hall–Kier alpha value is -0.340. The van der Waals surface area contributed by atoms with Gasteiger partial charge in [0.2, 0.25) is 0 Å². The van der Waals surface area contributed by atoms with Crippen molar-refractivity contribution in [3.05, 3.63) is 34.3 Å². The molecule has 2 atom stereocenters. The molecule has 0 saturated heterocycles. The predicted octanol–water partition coefficient (Wildman–Crippen LogP) is 4.54. The van der Waals surface area contributed by atoms with Gasteiger partial charge in [-0.1, -0.05) is 48.3 Å². The highest BCUT2D eigenvalue weighted by Crippen LogP contribution is 2.17. The predicted molar refractivity (Wildman–Crippen MR) is 74.6 cm³/mol. The molecule has 0 amide bonds. The Balaban J connectivity index is 2.40. The van der Waals surface area contributed by atoms with Crippen LogP contribution in [0, 0.1) is 5.92 Å². The van der Waals surface area contributed by atoms with Gasteiger partial charge in [-0.2, -0.15) is 0 Å². The fourth-order valence-electron chi connectivity index (χ4n) is 1.84. The van der Waals surface area contributed by atoms with Crippen molar-refractivity contribution in [1.82, 2.24) is 5.32 Å². The number of hydrogen-bond acceptors (Lipinski definition) is 1. The second kappa shape index (κ2) is 7.08. The Bertz CT molecular complexity index is 294. The zero-order valence-electron chi connectivity index (χ0n) is 10.5. The second-order valence-corrected chi connectivity index (χ2v) is 5.49. The smallest absolute Gasteiger partial charge is 0.0291 e. The average molecular weight is 284 g/mol. The molecular formula is C14H22BrN. The maximum atomic E-state index is 3.59. The Kier molecular flexibility index (Phi) is 6.07. The van der Waals surface area contributed by atoms with E-state index in [9.17, 15) is 0 Å². The van der Waals surface area contributed by atoms with E-state index in [1.165, 1.54) is 18.4 Å². The molecule has 2 unspecified atom stereocenters. The normalized spacial score (nSPS) is 14.8. The molecule has 0 bridgehead atoms. The fourth-order valence-corrected chi connectivity index (χ4v) is 2.11. The van der Waals surface area contributed by atoms with Gasteiger partial charge in [0.15, 0.2) is 0 Å². The molecular weight excluding hydrogens is 262 g/mol. The number of halogens is 1. The number of benzene rings is 1. The summed E-state index contributed by atoms with van der Waals surface area (Å²) in [5.41, 5.74) is 1.35. The van der Waals surface area contributed by atoms with Crippen LogP contribution in [0.3, 0.4) is 0 Å². The van der Waals surface area contributed by atoms with Crippen LogP contribution < -0.4 is 5.32 Å². The summed E-state index contributed by atoms with van der Waals surface area (Å²) in [6, 6.07) is 8.98. The van der Waals surface area contributed by atoms with E-state index >= 15 is 0 Å². The van der Waals surface area contributed by atoms with Gasteiger partial charge in [-0.15, -0.1) is 0 Å². The summed E-state index contributed by atoms with van der Waals surface area (Å²) in [7, 11) is 0. The summed E-state index contributed by atoms with van der Waals surface area (Å²) in [5.74, 6) is 0.767. The second-order valence-electron chi connectivity index (χ2n) is 4.58. The lowest BCUT2D eigenvalue weighted by Crippen LogP contribution is -2.24. The topological polar surface area (TPSA) is 12.0 Å². The highest BCUT2D eigenvalue weighted by atomic mass is 79.9. The summed E-state index contributed by atoms with van der Waals surface area (Å²) < 4.78 is 1.14. The molecule has 1 aromatic rings. The van der Waals surface area contributed by atoms with E-state index in [1.807, 2.05) is 0 Å². The van der Waals surface area contributed by atoms with Gasteiger partial charge in [-0.05, 0) is 43.5 Å². The summed E-state index contributed by atoms with van der Waals surface area (Å²) >= 11 is 3.46. The van der Waals surface area contributed by atoms with Gasteiger partial charge in [0.05, 0.1) is 0 Å². The Morgan fingerprint density at radius 3 is 2.38 bits per heavy atom. The van der Waals surface area contributed by atoms with Gasteiger partial charge in [-0.3, -0.25) is 0 Å². The monoisotopic (exact) mass is 283 g/mol. The van der Waals surface area contributed by atoms with Crippen LogP contribution in [0.25, 0.3) is 0 Å². The van der Waals surface area contributed by atoms with Gasteiger partial charge in [0.25, 0.3) is 0 Å². The van der Waals surface area contributed by atoms with Crippen molar-refractivity contribution in [3.8, 4) is 0 Å². The third-order valence-corrected chi connectivity index (χ3v) is 3.45. The molecule has 90 valence electrons. The minimum absolute atomic E-state index is 0.437. The standard InChI is InChI=1S/C14H22BrN/c1-4-5-11(2)10-16-12(3)13-6-8-14(15)9-7-13/h6-9,11-12,16H,4-5,10H2,1-3H3. The molecule has 0 heterocycles. The third kappa shape index (κ3) is 4.67. The number of nitrogens with one attached hydrogen (secondary N) is 1. The van der Waals surface area contributed by atoms with Crippen LogP contribution in [0.1, 0.15) is 45.2 Å². The molecule has 16 heavy (non-hydrogen) atoms. The first-order valence-corrected chi connectivity index (χ1v) is 6.91.